The van der Waals surface area contributed by atoms with Gasteiger partial charge >= 0.3 is 0 Å². The highest BCUT2D eigenvalue weighted by Crippen LogP contribution is 2.27. The summed E-state index contributed by atoms with van der Waals surface area (Å²) in [6.07, 6.45) is 1.41. The van der Waals surface area contributed by atoms with Crippen LogP contribution in [0, 0.1) is 13.8 Å². The van der Waals surface area contributed by atoms with E-state index in [1.807, 2.05) is 52.1 Å². The third-order valence-corrected chi connectivity index (χ3v) is 5.34. The molecule has 0 unspecified atom stereocenters. The van der Waals surface area contributed by atoms with E-state index in [0.717, 1.165) is 27.6 Å². The Balaban J connectivity index is 2.15. The lowest BCUT2D eigenvalue weighted by Crippen LogP contribution is -2.30. The van der Waals surface area contributed by atoms with Crippen molar-refractivity contribution in [2.75, 3.05) is 7.05 Å². The van der Waals surface area contributed by atoms with Crippen molar-refractivity contribution in [3.63, 3.8) is 0 Å². The fraction of sp³-hybridized carbons (Fsp3) is 0.500. The molecule has 0 saturated carbocycles. The quantitative estimate of drug-likeness (QED) is 0.836. The Hall–Kier alpha value is -1.72. The van der Waals surface area contributed by atoms with Crippen LogP contribution in [0.2, 0.25) is 0 Å². The van der Waals surface area contributed by atoms with Gasteiger partial charge in [-0.15, -0.1) is 11.3 Å². The molecule has 0 aliphatic heterocycles. The number of rotatable bonds is 6. The summed E-state index contributed by atoms with van der Waals surface area (Å²) in [5, 5.41) is 10.9. The Morgan fingerprint density at radius 3 is 2.60 bits per heavy atom. The highest BCUT2D eigenvalue weighted by atomic mass is 32.1. The summed E-state index contributed by atoms with van der Waals surface area (Å²) in [6, 6.07) is 7.61. The van der Waals surface area contributed by atoms with Crippen LogP contribution in [0.5, 0.6) is 0 Å². The molecule has 0 saturated heterocycles. The van der Waals surface area contributed by atoms with Gasteiger partial charge in [0.15, 0.2) is 0 Å². The zero-order valence-electron chi connectivity index (χ0n) is 16.0. The van der Waals surface area contributed by atoms with Crippen molar-refractivity contribution >= 4 is 17.2 Å². The first kappa shape index (κ1) is 19.6. The van der Waals surface area contributed by atoms with Gasteiger partial charge in [0.25, 0.3) is 5.91 Å². The number of aliphatic hydroxyl groups is 1. The van der Waals surface area contributed by atoms with Crippen LogP contribution in [-0.4, -0.2) is 33.5 Å². The summed E-state index contributed by atoms with van der Waals surface area (Å²) in [6.45, 7) is 9.65. The van der Waals surface area contributed by atoms with Crippen LogP contribution < -0.4 is 0 Å². The molecule has 1 heterocycles. The Bertz CT molecular complexity index is 746. The number of hydrogen-bond donors (Lipinski definition) is 1. The maximum Gasteiger partial charge on any atom is 0.254 e. The number of nitrogens with zero attached hydrogens (tertiary/aromatic N) is 2. The fourth-order valence-electron chi connectivity index (χ4n) is 2.81. The summed E-state index contributed by atoms with van der Waals surface area (Å²) in [5.74, 6) is -0.0114. The van der Waals surface area contributed by atoms with E-state index in [1.165, 1.54) is 0 Å². The Morgan fingerprint density at radius 1 is 1.36 bits per heavy atom. The molecule has 1 N–H and O–H groups in total. The standard InChI is InChI=1S/C20H28N2O2S/c1-13(18-14(2)25-15(3)21-18)22(6)19(23)17-9-7-8-16(12-17)10-11-20(4,5)24/h7-9,12-13,24H,10-11H2,1-6H3/t13-/m0/s1. The summed E-state index contributed by atoms with van der Waals surface area (Å²) < 4.78 is 0. The minimum Gasteiger partial charge on any atom is -0.390 e. The second-order valence-corrected chi connectivity index (χ2v) is 8.69. The van der Waals surface area contributed by atoms with Crippen LogP contribution >= 0.6 is 11.3 Å². The fourth-order valence-corrected chi connectivity index (χ4v) is 3.71. The molecule has 1 aromatic carbocycles. The van der Waals surface area contributed by atoms with Gasteiger partial charge in [0, 0.05) is 17.5 Å². The van der Waals surface area contributed by atoms with Gasteiger partial charge in [-0.3, -0.25) is 4.79 Å². The molecule has 0 aliphatic rings. The average molecular weight is 361 g/mol. The summed E-state index contributed by atoms with van der Waals surface area (Å²) >= 11 is 1.66. The molecular weight excluding hydrogens is 332 g/mol. The number of carbonyl (C=O) groups is 1. The van der Waals surface area contributed by atoms with Crippen molar-refractivity contribution in [3.05, 3.63) is 51.0 Å². The first-order valence-electron chi connectivity index (χ1n) is 8.61. The van der Waals surface area contributed by atoms with Gasteiger partial charge in [-0.1, -0.05) is 12.1 Å². The van der Waals surface area contributed by atoms with Crippen LogP contribution in [-0.2, 0) is 6.42 Å². The van der Waals surface area contributed by atoms with Gasteiger partial charge in [-0.2, -0.15) is 0 Å². The predicted octanol–water partition coefficient (Wildman–Crippen LogP) is 4.30. The molecule has 136 valence electrons. The first-order valence-corrected chi connectivity index (χ1v) is 9.42. The zero-order valence-corrected chi connectivity index (χ0v) is 16.8. The first-order chi connectivity index (χ1) is 11.6. The van der Waals surface area contributed by atoms with E-state index in [1.54, 1.807) is 30.1 Å². The van der Waals surface area contributed by atoms with Crippen molar-refractivity contribution in [1.29, 1.82) is 0 Å². The smallest absolute Gasteiger partial charge is 0.254 e. The second kappa shape index (κ2) is 7.67. The Kier molecular flexibility index (Phi) is 6.01. The van der Waals surface area contributed by atoms with E-state index in [9.17, 15) is 9.90 Å². The average Bonchev–Trinajstić information content (AvgIpc) is 2.89. The molecule has 2 aromatic rings. The van der Waals surface area contributed by atoms with E-state index in [-0.39, 0.29) is 11.9 Å². The van der Waals surface area contributed by atoms with Crippen LogP contribution in [0.3, 0.4) is 0 Å². The largest absolute Gasteiger partial charge is 0.390 e. The topological polar surface area (TPSA) is 53.4 Å². The van der Waals surface area contributed by atoms with Gasteiger partial charge < -0.3 is 10.0 Å². The van der Waals surface area contributed by atoms with E-state index in [2.05, 4.69) is 4.98 Å². The predicted molar refractivity (Wildman–Crippen MR) is 103 cm³/mol. The lowest BCUT2D eigenvalue weighted by molar-refractivity contribution is 0.0714. The molecule has 0 radical (unpaired) electrons. The van der Waals surface area contributed by atoms with Crippen molar-refractivity contribution < 1.29 is 9.90 Å². The molecule has 25 heavy (non-hydrogen) atoms. The van der Waals surface area contributed by atoms with Crippen molar-refractivity contribution in [1.82, 2.24) is 9.88 Å². The molecular formula is C20H28N2O2S. The van der Waals surface area contributed by atoms with Crippen LogP contribution in [0.1, 0.15) is 64.7 Å². The molecule has 5 heteroatoms. The molecule has 4 nitrogen and oxygen atoms in total. The Morgan fingerprint density at radius 2 is 2.04 bits per heavy atom. The number of aryl methyl sites for hydroxylation is 3. The third-order valence-electron chi connectivity index (χ3n) is 4.44. The van der Waals surface area contributed by atoms with E-state index >= 15 is 0 Å². The number of benzene rings is 1. The van der Waals surface area contributed by atoms with Gasteiger partial charge in [-0.25, -0.2) is 4.98 Å². The maximum absolute atomic E-state index is 12.9. The minimum atomic E-state index is -0.703. The monoisotopic (exact) mass is 360 g/mol. The lowest BCUT2D eigenvalue weighted by atomic mass is 9.97. The summed E-state index contributed by atoms with van der Waals surface area (Å²) in [5.41, 5.74) is 2.00. The van der Waals surface area contributed by atoms with Crippen molar-refractivity contribution in [2.24, 2.45) is 0 Å². The minimum absolute atomic E-state index is 0.0114. The van der Waals surface area contributed by atoms with Crippen molar-refractivity contribution in [3.8, 4) is 0 Å². The Labute approximate surface area is 154 Å². The van der Waals surface area contributed by atoms with Crippen molar-refractivity contribution in [2.45, 2.75) is 59.1 Å². The maximum atomic E-state index is 12.9. The van der Waals surface area contributed by atoms with Crippen LogP contribution in [0.15, 0.2) is 24.3 Å². The molecule has 1 amide bonds. The molecule has 0 bridgehead atoms. The second-order valence-electron chi connectivity index (χ2n) is 7.28. The lowest BCUT2D eigenvalue weighted by Gasteiger charge is -2.24. The van der Waals surface area contributed by atoms with Crippen LogP contribution in [0.25, 0.3) is 0 Å². The number of aromatic nitrogens is 1. The molecule has 2 rings (SSSR count). The highest BCUT2D eigenvalue weighted by molar-refractivity contribution is 7.11. The molecule has 0 fully saturated rings. The molecule has 0 spiro atoms. The van der Waals surface area contributed by atoms with Gasteiger partial charge in [0.1, 0.15) is 0 Å². The molecule has 1 atom stereocenters. The van der Waals surface area contributed by atoms with Gasteiger partial charge in [0.2, 0.25) is 0 Å². The summed E-state index contributed by atoms with van der Waals surface area (Å²) in [7, 11) is 1.82. The van der Waals surface area contributed by atoms with E-state index < -0.39 is 5.60 Å². The van der Waals surface area contributed by atoms with Gasteiger partial charge in [-0.05, 0) is 65.2 Å². The number of amides is 1. The number of hydrogen-bond acceptors (Lipinski definition) is 4. The normalized spacial score (nSPS) is 12.9. The van der Waals surface area contributed by atoms with E-state index in [4.69, 9.17) is 0 Å². The van der Waals surface area contributed by atoms with Crippen LogP contribution in [0.4, 0.5) is 0 Å². The number of carbonyl (C=O) groups excluding carboxylic acids is 1. The SMILES string of the molecule is Cc1nc([C@H](C)N(C)C(=O)c2cccc(CCC(C)(C)O)c2)c(C)s1. The van der Waals surface area contributed by atoms with E-state index in [0.29, 0.717) is 12.0 Å². The summed E-state index contributed by atoms with van der Waals surface area (Å²) in [4.78, 5) is 20.4. The van der Waals surface area contributed by atoms with Gasteiger partial charge in [0.05, 0.1) is 22.3 Å². The number of thiazole rings is 1. The molecule has 1 aromatic heterocycles. The zero-order chi connectivity index (χ0) is 18.8. The highest BCUT2D eigenvalue weighted by Gasteiger charge is 2.23. The molecule has 0 aliphatic carbocycles. The third kappa shape index (κ3) is 5.13.